The zero-order valence-corrected chi connectivity index (χ0v) is 13.8. The average Bonchev–Trinajstić information content (AvgIpc) is 2.65. The third kappa shape index (κ3) is 3.00. The lowest BCUT2D eigenvalue weighted by molar-refractivity contribution is -0.135. The van der Waals surface area contributed by atoms with Crippen molar-refractivity contribution < 1.29 is 19.8 Å². The van der Waals surface area contributed by atoms with Crippen LogP contribution in [0.2, 0.25) is 0 Å². The number of pyridine rings is 2. The van der Waals surface area contributed by atoms with Crippen LogP contribution in [0, 0.1) is 0 Å². The van der Waals surface area contributed by atoms with Crippen LogP contribution in [0.5, 0.6) is 5.75 Å². The molecule has 0 fully saturated rings. The monoisotopic (exact) mass is 353 g/mol. The fraction of sp³-hybridized carbons (Fsp3) is 0.111. The molecule has 1 amide bonds. The minimum atomic E-state index is -1.26. The van der Waals surface area contributed by atoms with Gasteiger partial charge in [0.05, 0.1) is 17.4 Å². The lowest BCUT2D eigenvalue weighted by Crippen LogP contribution is -2.35. The van der Waals surface area contributed by atoms with Crippen molar-refractivity contribution in [1.82, 2.24) is 14.9 Å². The van der Waals surface area contributed by atoms with Gasteiger partial charge in [-0.25, -0.2) is 0 Å². The fourth-order valence-electron chi connectivity index (χ4n) is 2.63. The molecule has 8 heteroatoms. The summed E-state index contributed by atoms with van der Waals surface area (Å²) in [6.07, 6.45) is 1.44. The minimum absolute atomic E-state index is 0.265. The number of aromatic hydroxyl groups is 1. The number of carboxylic acid groups (broad SMARTS) is 1. The van der Waals surface area contributed by atoms with E-state index in [2.05, 4.69) is 10.3 Å². The second kappa shape index (κ2) is 6.67. The number of fused-ring (bicyclic) bond motifs is 1. The zero-order valence-electron chi connectivity index (χ0n) is 13.8. The molecular formula is C18H15N3O5. The summed E-state index contributed by atoms with van der Waals surface area (Å²) in [6, 6.07) is 10.8. The van der Waals surface area contributed by atoms with E-state index in [0.717, 1.165) is 5.56 Å². The molecular weight excluding hydrogens is 338 g/mol. The number of aromatic nitrogens is 2. The lowest BCUT2D eigenvalue weighted by Gasteiger charge is -2.12. The van der Waals surface area contributed by atoms with Crippen molar-refractivity contribution in [3.05, 3.63) is 58.5 Å². The molecule has 0 bridgehead atoms. The summed E-state index contributed by atoms with van der Waals surface area (Å²) in [5.41, 5.74) is 0.462. The summed E-state index contributed by atoms with van der Waals surface area (Å²) >= 11 is 0. The fourth-order valence-corrected chi connectivity index (χ4v) is 2.63. The first kappa shape index (κ1) is 17.2. The second-order valence-electron chi connectivity index (χ2n) is 5.62. The molecule has 3 rings (SSSR count). The van der Waals surface area contributed by atoms with Crippen LogP contribution < -0.4 is 10.9 Å². The molecule has 3 aromatic rings. The molecule has 0 unspecified atom stereocenters. The predicted octanol–water partition coefficient (Wildman–Crippen LogP) is 1.12. The molecule has 0 aliphatic heterocycles. The highest BCUT2D eigenvalue weighted by Crippen LogP contribution is 2.29. The molecule has 0 aliphatic rings. The topological polar surface area (TPSA) is 122 Å². The van der Waals surface area contributed by atoms with E-state index < -0.39 is 35.3 Å². The van der Waals surface area contributed by atoms with Crippen LogP contribution in [0.1, 0.15) is 10.4 Å². The summed E-state index contributed by atoms with van der Waals surface area (Å²) < 4.78 is 1.19. The third-order valence-electron chi connectivity index (χ3n) is 3.95. The number of carboxylic acids is 1. The molecule has 0 radical (unpaired) electrons. The summed E-state index contributed by atoms with van der Waals surface area (Å²) in [7, 11) is 1.45. The first-order chi connectivity index (χ1) is 12.4. The molecule has 3 N–H and O–H groups in total. The van der Waals surface area contributed by atoms with Gasteiger partial charge in [-0.2, -0.15) is 0 Å². The van der Waals surface area contributed by atoms with E-state index in [1.807, 2.05) is 30.3 Å². The third-order valence-corrected chi connectivity index (χ3v) is 3.95. The molecule has 132 valence electrons. The Labute approximate surface area is 147 Å². The molecule has 2 aromatic heterocycles. The highest BCUT2D eigenvalue weighted by Gasteiger charge is 2.22. The number of amides is 1. The zero-order chi connectivity index (χ0) is 18.8. The maximum atomic E-state index is 12.4. The number of rotatable bonds is 4. The Balaban J connectivity index is 2.19. The molecule has 8 nitrogen and oxygen atoms in total. The summed E-state index contributed by atoms with van der Waals surface area (Å²) in [5.74, 6) is -2.72. The predicted molar refractivity (Wildman–Crippen MR) is 94.1 cm³/mol. The minimum Gasteiger partial charge on any atom is -0.506 e. The molecule has 0 atom stereocenters. The van der Waals surface area contributed by atoms with Crippen molar-refractivity contribution in [3.8, 4) is 17.0 Å². The summed E-state index contributed by atoms with van der Waals surface area (Å²) in [4.78, 5) is 39.5. The molecule has 0 aliphatic carbocycles. The normalized spacial score (nSPS) is 10.7. The van der Waals surface area contributed by atoms with E-state index in [1.165, 1.54) is 17.8 Å². The van der Waals surface area contributed by atoms with Crippen LogP contribution in [0.15, 0.2) is 47.4 Å². The van der Waals surface area contributed by atoms with Gasteiger partial charge in [-0.05, 0) is 6.07 Å². The van der Waals surface area contributed by atoms with Crippen molar-refractivity contribution >= 4 is 22.8 Å². The number of hydrogen-bond donors (Lipinski definition) is 3. The Morgan fingerprint density at radius 1 is 1.23 bits per heavy atom. The van der Waals surface area contributed by atoms with Gasteiger partial charge in [0.1, 0.15) is 17.9 Å². The Morgan fingerprint density at radius 2 is 1.92 bits per heavy atom. The molecule has 0 saturated heterocycles. The van der Waals surface area contributed by atoms with Gasteiger partial charge in [-0.1, -0.05) is 30.3 Å². The van der Waals surface area contributed by atoms with Crippen LogP contribution in [0.4, 0.5) is 0 Å². The second-order valence-corrected chi connectivity index (χ2v) is 5.62. The van der Waals surface area contributed by atoms with Crippen molar-refractivity contribution in [2.45, 2.75) is 0 Å². The Hall–Kier alpha value is -3.68. The standard InChI is InChI=1S/C18H15N3O5/c1-21-13-8-19-12(10-5-3-2-4-6-10)7-11(13)16(24)15(18(21)26)17(25)20-9-14(22)23/h2-8,24H,9H2,1H3,(H,20,25)(H,22,23). The SMILES string of the molecule is Cn1c(=O)c(C(=O)NCC(=O)O)c(O)c2cc(-c3ccccc3)ncc21. The van der Waals surface area contributed by atoms with E-state index in [9.17, 15) is 19.5 Å². The highest BCUT2D eigenvalue weighted by molar-refractivity contribution is 6.03. The van der Waals surface area contributed by atoms with Crippen LogP contribution in [-0.2, 0) is 11.8 Å². The van der Waals surface area contributed by atoms with Crippen LogP contribution >= 0.6 is 0 Å². The molecule has 0 spiro atoms. The summed E-state index contributed by atoms with van der Waals surface area (Å²) in [5, 5.41) is 21.5. The Bertz CT molecular complexity index is 1070. The number of aryl methyl sites for hydroxylation is 1. The Morgan fingerprint density at radius 3 is 2.58 bits per heavy atom. The van der Waals surface area contributed by atoms with Crippen LogP contribution in [0.25, 0.3) is 22.2 Å². The highest BCUT2D eigenvalue weighted by atomic mass is 16.4. The number of carbonyl (C=O) groups is 2. The molecule has 2 heterocycles. The first-order valence-corrected chi connectivity index (χ1v) is 7.67. The van der Waals surface area contributed by atoms with E-state index in [1.54, 1.807) is 6.07 Å². The van der Waals surface area contributed by atoms with Gasteiger partial charge in [0.2, 0.25) is 0 Å². The van der Waals surface area contributed by atoms with Crippen molar-refractivity contribution in [1.29, 1.82) is 0 Å². The van der Waals surface area contributed by atoms with Gasteiger partial charge in [0, 0.05) is 18.0 Å². The smallest absolute Gasteiger partial charge is 0.322 e. The van der Waals surface area contributed by atoms with Gasteiger partial charge in [-0.3, -0.25) is 19.4 Å². The number of nitrogens with zero attached hydrogens (tertiary/aromatic N) is 2. The summed E-state index contributed by atoms with van der Waals surface area (Å²) in [6.45, 7) is -0.662. The number of nitrogens with one attached hydrogen (secondary N) is 1. The van der Waals surface area contributed by atoms with E-state index in [4.69, 9.17) is 5.11 Å². The number of benzene rings is 1. The van der Waals surface area contributed by atoms with Crippen LogP contribution in [-0.4, -0.2) is 38.2 Å². The maximum absolute atomic E-state index is 12.4. The van der Waals surface area contributed by atoms with E-state index in [0.29, 0.717) is 11.2 Å². The van der Waals surface area contributed by atoms with Gasteiger partial charge in [-0.15, -0.1) is 0 Å². The van der Waals surface area contributed by atoms with Gasteiger partial charge < -0.3 is 20.1 Å². The molecule has 1 aromatic carbocycles. The number of hydrogen-bond acceptors (Lipinski definition) is 5. The Kier molecular flexibility index (Phi) is 4.40. The number of carbonyl (C=O) groups excluding carboxylic acids is 1. The van der Waals surface area contributed by atoms with Crippen LogP contribution in [0.3, 0.4) is 0 Å². The maximum Gasteiger partial charge on any atom is 0.322 e. The van der Waals surface area contributed by atoms with E-state index in [-0.39, 0.29) is 5.39 Å². The van der Waals surface area contributed by atoms with Crippen molar-refractivity contribution in [2.24, 2.45) is 7.05 Å². The largest absolute Gasteiger partial charge is 0.506 e. The lowest BCUT2D eigenvalue weighted by atomic mass is 10.1. The number of aliphatic carboxylic acids is 1. The molecule has 26 heavy (non-hydrogen) atoms. The first-order valence-electron chi connectivity index (χ1n) is 7.67. The quantitative estimate of drug-likeness (QED) is 0.646. The van der Waals surface area contributed by atoms with Crippen molar-refractivity contribution in [2.75, 3.05) is 6.54 Å². The molecule has 0 saturated carbocycles. The van der Waals surface area contributed by atoms with Gasteiger partial charge in [0.25, 0.3) is 11.5 Å². The van der Waals surface area contributed by atoms with Gasteiger partial charge in [0.15, 0.2) is 0 Å². The van der Waals surface area contributed by atoms with Gasteiger partial charge >= 0.3 is 5.97 Å². The average molecular weight is 353 g/mol. The van der Waals surface area contributed by atoms with E-state index >= 15 is 0 Å². The van der Waals surface area contributed by atoms with Crippen molar-refractivity contribution in [3.63, 3.8) is 0 Å².